The molecule has 4 unspecified atom stereocenters. The van der Waals surface area contributed by atoms with Crippen molar-refractivity contribution < 1.29 is 0 Å². The zero-order chi connectivity index (χ0) is 14.5. The van der Waals surface area contributed by atoms with Gasteiger partial charge in [-0.2, -0.15) is 0 Å². The molecular formula is C19H31N. The minimum absolute atomic E-state index is 0.542. The van der Waals surface area contributed by atoms with Crippen LogP contribution in [0.5, 0.6) is 0 Å². The molecule has 1 aromatic carbocycles. The van der Waals surface area contributed by atoms with Crippen molar-refractivity contribution in [2.75, 3.05) is 6.54 Å². The fourth-order valence-electron chi connectivity index (χ4n) is 3.63. The molecule has 0 heterocycles. The van der Waals surface area contributed by atoms with E-state index in [2.05, 4.69) is 57.3 Å². The monoisotopic (exact) mass is 273 g/mol. The third-order valence-corrected chi connectivity index (χ3v) is 5.28. The molecule has 1 saturated carbocycles. The van der Waals surface area contributed by atoms with Gasteiger partial charge in [0, 0.05) is 6.04 Å². The Hall–Kier alpha value is -0.820. The van der Waals surface area contributed by atoms with Crippen molar-refractivity contribution in [2.45, 2.75) is 59.4 Å². The summed E-state index contributed by atoms with van der Waals surface area (Å²) >= 11 is 0. The first-order valence-electron chi connectivity index (χ1n) is 8.47. The molecule has 1 aromatic rings. The van der Waals surface area contributed by atoms with Gasteiger partial charge in [-0.05, 0) is 54.7 Å². The van der Waals surface area contributed by atoms with Gasteiger partial charge >= 0.3 is 0 Å². The van der Waals surface area contributed by atoms with Gasteiger partial charge in [-0.3, -0.25) is 0 Å². The van der Waals surface area contributed by atoms with Crippen molar-refractivity contribution in [3.8, 4) is 0 Å². The lowest BCUT2D eigenvalue weighted by Crippen LogP contribution is -2.33. The Bertz CT molecular complexity index is 395. The number of hydrogen-bond acceptors (Lipinski definition) is 1. The van der Waals surface area contributed by atoms with Crippen LogP contribution in [0.4, 0.5) is 0 Å². The van der Waals surface area contributed by atoms with Crippen LogP contribution < -0.4 is 5.32 Å². The standard InChI is InChI=1S/C19H31N/c1-5-16-8-11-17(12-9-16)19(20-6-2)18-10-7-14(3)15(4)13-18/h8-9,11-12,14-15,18-20H,5-7,10,13H2,1-4H3. The molecule has 112 valence electrons. The van der Waals surface area contributed by atoms with Crippen LogP contribution in [0.25, 0.3) is 0 Å². The lowest BCUT2D eigenvalue weighted by Gasteiger charge is -2.37. The maximum atomic E-state index is 3.74. The van der Waals surface area contributed by atoms with E-state index in [0.29, 0.717) is 6.04 Å². The van der Waals surface area contributed by atoms with Gasteiger partial charge in [-0.15, -0.1) is 0 Å². The highest BCUT2D eigenvalue weighted by Crippen LogP contribution is 2.39. The normalized spacial score (nSPS) is 28.3. The van der Waals surface area contributed by atoms with Crippen molar-refractivity contribution in [3.05, 3.63) is 35.4 Å². The summed E-state index contributed by atoms with van der Waals surface area (Å²) in [5, 5.41) is 3.74. The van der Waals surface area contributed by atoms with E-state index in [-0.39, 0.29) is 0 Å². The highest BCUT2D eigenvalue weighted by atomic mass is 14.9. The number of benzene rings is 1. The second kappa shape index (κ2) is 7.26. The Morgan fingerprint density at radius 1 is 1.05 bits per heavy atom. The maximum absolute atomic E-state index is 3.74. The van der Waals surface area contributed by atoms with Crippen LogP contribution in [0.1, 0.15) is 64.1 Å². The summed E-state index contributed by atoms with van der Waals surface area (Å²) in [7, 11) is 0. The highest BCUT2D eigenvalue weighted by Gasteiger charge is 2.30. The molecule has 1 aliphatic carbocycles. The molecule has 2 rings (SSSR count). The molecule has 0 spiro atoms. The number of nitrogens with one attached hydrogen (secondary N) is 1. The van der Waals surface area contributed by atoms with Gasteiger partial charge < -0.3 is 5.32 Å². The fourth-order valence-corrected chi connectivity index (χ4v) is 3.63. The van der Waals surface area contributed by atoms with E-state index in [4.69, 9.17) is 0 Å². The molecule has 1 fully saturated rings. The van der Waals surface area contributed by atoms with Gasteiger partial charge in [0.15, 0.2) is 0 Å². The summed E-state index contributed by atoms with van der Waals surface area (Å²) in [6, 6.07) is 9.83. The third-order valence-electron chi connectivity index (χ3n) is 5.28. The van der Waals surface area contributed by atoms with Crippen molar-refractivity contribution in [1.29, 1.82) is 0 Å². The van der Waals surface area contributed by atoms with Gasteiger partial charge in [-0.25, -0.2) is 0 Å². The lowest BCUT2D eigenvalue weighted by atomic mass is 9.72. The summed E-state index contributed by atoms with van der Waals surface area (Å²) in [4.78, 5) is 0. The first kappa shape index (κ1) is 15.6. The van der Waals surface area contributed by atoms with E-state index in [1.54, 1.807) is 0 Å². The van der Waals surface area contributed by atoms with Crippen LogP contribution in [-0.4, -0.2) is 6.54 Å². The molecular weight excluding hydrogens is 242 g/mol. The van der Waals surface area contributed by atoms with Crippen molar-refractivity contribution in [1.82, 2.24) is 5.32 Å². The minimum atomic E-state index is 0.542. The Labute approximate surface area is 125 Å². The van der Waals surface area contributed by atoms with E-state index < -0.39 is 0 Å². The number of aryl methyl sites for hydroxylation is 1. The lowest BCUT2D eigenvalue weighted by molar-refractivity contribution is 0.172. The smallest absolute Gasteiger partial charge is 0.0348 e. The zero-order valence-electron chi connectivity index (χ0n) is 13.7. The zero-order valence-corrected chi connectivity index (χ0v) is 13.7. The quantitative estimate of drug-likeness (QED) is 0.798. The SMILES string of the molecule is CCNC(c1ccc(CC)cc1)C1CCC(C)C(C)C1. The van der Waals surface area contributed by atoms with E-state index in [0.717, 1.165) is 30.7 Å². The molecule has 0 aromatic heterocycles. The Morgan fingerprint density at radius 2 is 1.75 bits per heavy atom. The predicted molar refractivity (Wildman–Crippen MR) is 87.9 cm³/mol. The molecule has 1 N–H and O–H groups in total. The summed E-state index contributed by atoms with van der Waals surface area (Å²) in [6.07, 6.45) is 5.26. The summed E-state index contributed by atoms with van der Waals surface area (Å²) in [5.74, 6) is 2.56. The summed E-state index contributed by atoms with van der Waals surface area (Å²) in [6.45, 7) is 10.4. The van der Waals surface area contributed by atoms with Crippen LogP contribution in [0.15, 0.2) is 24.3 Å². The number of rotatable bonds is 5. The molecule has 1 aliphatic rings. The number of hydrogen-bond donors (Lipinski definition) is 1. The van der Waals surface area contributed by atoms with Crippen molar-refractivity contribution in [2.24, 2.45) is 17.8 Å². The highest BCUT2D eigenvalue weighted by molar-refractivity contribution is 5.25. The van der Waals surface area contributed by atoms with E-state index in [1.165, 1.54) is 30.4 Å². The first-order valence-corrected chi connectivity index (χ1v) is 8.47. The summed E-state index contributed by atoms with van der Waals surface area (Å²) < 4.78 is 0. The topological polar surface area (TPSA) is 12.0 Å². The van der Waals surface area contributed by atoms with Gasteiger partial charge in [0.05, 0.1) is 0 Å². The molecule has 4 atom stereocenters. The molecule has 0 amide bonds. The predicted octanol–water partition coefficient (Wildman–Crippen LogP) is 4.97. The second-order valence-electron chi connectivity index (χ2n) is 6.66. The Morgan fingerprint density at radius 3 is 2.30 bits per heavy atom. The van der Waals surface area contributed by atoms with Crippen molar-refractivity contribution in [3.63, 3.8) is 0 Å². The molecule has 1 heteroatoms. The van der Waals surface area contributed by atoms with Gasteiger partial charge in [0.25, 0.3) is 0 Å². The van der Waals surface area contributed by atoms with Crippen LogP contribution in [0.3, 0.4) is 0 Å². The average Bonchev–Trinajstić information content (AvgIpc) is 2.48. The molecule has 20 heavy (non-hydrogen) atoms. The minimum Gasteiger partial charge on any atom is -0.310 e. The second-order valence-corrected chi connectivity index (χ2v) is 6.66. The van der Waals surface area contributed by atoms with Gasteiger partial charge in [-0.1, -0.05) is 58.4 Å². The molecule has 1 nitrogen and oxygen atoms in total. The van der Waals surface area contributed by atoms with Crippen molar-refractivity contribution >= 4 is 0 Å². The molecule has 0 bridgehead atoms. The third kappa shape index (κ3) is 3.63. The maximum Gasteiger partial charge on any atom is 0.0348 e. The van der Waals surface area contributed by atoms with Crippen LogP contribution in [0.2, 0.25) is 0 Å². The van der Waals surface area contributed by atoms with Gasteiger partial charge in [0.2, 0.25) is 0 Å². The molecule has 0 saturated heterocycles. The summed E-state index contributed by atoms with van der Waals surface area (Å²) in [5.41, 5.74) is 2.92. The Kier molecular flexibility index (Phi) is 5.65. The van der Waals surface area contributed by atoms with Gasteiger partial charge in [0.1, 0.15) is 0 Å². The van der Waals surface area contributed by atoms with Crippen LogP contribution in [-0.2, 0) is 6.42 Å². The van der Waals surface area contributed by atoms with E-state index >= 15 is 0 Å². The molecule has 0 radical (unpaired) electrons. The van der Waals surface area contributed by atoms with Crippen LogP contribution in [0, 0.1) is 17.8 Å². The largest absolute Gasteiger partial charge is 0.310 e. The molecule has 0 aliphatic heterocycles. The van der Waals surface area contributed by atoms with Crippen LogP contribution >= 0.6 is 0 Å². The fraction of sp³-hybridized carbons (Fsp3) is 0.684. The first-order chi connectivity index (χ1) is 9.65. The Balaban J connectivity index is 2.13. The average molecular weight is 273 g/mol. The van der Waals surface area contributed by atoms with E-state index in [1.807, 2.05) is 0 Å². The van der Waals surface area contributed by atoms with E-state index in [9.17, 15) is 0 Å².